The van der Waals surface area contributed by atoms with Gasteiger partial charge in [0.2, 0.25) is 5.91 Å². The Kier molecular flexibility index (Phi) is 5.11. The SMILES string of the molecule is CCCc1cc(C(=O)N2CCN(c3cc(C)cc(C)c3)C(=O)C2)n(C)n1. The summed E-state index contributed by atoms with van der Waals surface area (Å²) in [5.74, 6) is -0.179. The van der Waals surface area contributed by atoms with Gasteiger partial charge in [0.25, 0.3) is 5.91 Å². The highest BCUT2D eigenvalue weighted by molar-refractivity contribution is 6.01. The first-order chi connectivity index (χ1) is 12.4. The molecule has 1 aliphatic rings. The second-order valence-corrected chi connectivity index (χ2v) is 7.01. The number of hydrogen-bond acceptors (Lipinski definition) is 3. The van der Waals surface area contributed by atoms with Crippen LogP contribution < -0.4 is 4.90 Å². The monoisotopic (exact) mass is 354 g/mol. The number of carbonyl (C=O) groups is 2. The third-order valence-corrected chi connectivity index (χ3v) is 4.68. The minimum absolute atomic E-state index is 0.0504. The normalized spacial score (nSPS) is 14.8. The fraction of sp³-hybridized carbons (Fsp3) is 0.450. The van der Waals surface area contributed by atoms with Gasteiger partial charge in [-0.05, 0) is 49.6 Å². The van der Waals surface area contributed by atoms with Crippen molar-refractivity contribution in [3.8, 4) is 0 Å². The summed E-state index contributed by atoms with van der Waals surface area (Å²) in [5, 5.41) is 4.39. The fourth-order valence-corrected chi connectivity index (χ4v) is 3.49. The van der Waals surface area contributed by atoms with E-state index in [-0.39, 0.29) is 18.4 Å². The minimum Gasteiger partial charge on any atom is -0.326 e. The van der Waals surface area contributed by atoms with E-state index in [1.54, 1.807) is 21.5 Å². The Balaban J connectivity index is 1.74. The van der Waals surface area contributed by atoms with Gasteiger partial charge in [-0.3, -0.25) is 14.3 Å². The van der Waals surface area contributed by atoms with Gasteiger partial charge in [0, 0.05) is 25.8 Å². The van der Waals surface area contributed by atoms with Crippen molar-refractivity contribution in [2.24, 2.45) is 7.05 Å². The van der Waals surface area contributed by atoms with Gasteiger partial charge < -0.3 is 9.80 Å². The van der Waals surface area contributed by atoms with E-state index < -0.39 is 0 Å². The third-order valence-electron chi connectivity index (χ3n) is 4.68. The molecule has 0 saturated carbocycles. The molecule has 138 valence electrons. The first kappa shape index (κ1) is 18.2. The predicted molar refractivity (Wildman–Crippen MR) is 101 cm³/mol. The highest BCUT2D eigenvalue weighted by Crippen LogP contribution is 2.21. The second-order valence-electron chi connectivity index (χ2n) is 7.01. The number of rotatable bonds is 4. The van der Waals surface area contributed by atoms with Gasteiger partial charge in [0.15, 0.2) is 0 Å². The smallest absolute Gasteiger partial charge is 0.272 e. The molecule has 1 saturated heterocycles. The van der Waals surface area contributed by atoms with Crippen LogP contribution in [0, 0.1) is 13.8 Å². The minimum atomic E-state index is -0.129. The van der Waals surface area contributed by atoms with Gasteiger partial charge in [-0.1, -0.05) is 19.4 Å². The van der Waals surface area contributed by atoms with Crippen molar-refractivity contribution < 1.29 is 9.59 Å². The molecule has 0 aliphatic carbocycles. The third kappa shape index (κ3) is 3.64. The molecular formula is C20H26N4O2. The molecule has 1 aromatic heterocycles. The van der Waals surface area contributed by atoms with E-state index in [1.165, 1.54) is 0 Å². The van der Waals surface area contributed by atoms with Gasteiger partial charge in [0.05, 0.1) is 5.69 Å². The van der Waals surface area contributed by atoms with Crippen LogP contribution >= 0.6 is 0 Å². The number of carbonyl (C=O) groups excluding carboxylic acids is 2. The average molecular weight is 354 g/mol. The summed E-state index contributed by atoms with van der Waals surface area (Å²) >= 11 is 0. The molecule has 26 heavy (non-hydrogen) atoms. The molecule has 0 bridgehead atoms. The van der Waals surface area contributed by atoms with E-state index in [1.807, 2.05) is 32.0 Å². The molecule has 2 amide bonds. The molecule has 0 radical (unpaired) electrons. The lowest BCUT2D eigenvalue weighted by atomic mass is 10.1. The van der Waals surface area contributed by atoms with Gasteiger partial charge in [-0.25, -0.2) is 0 Å². The Morgan fingerprint density at radius 2 is 1.81 bits per heavy atom. The predicted octanol–water partition coefficient (Wildman–Crippen LogP) is 2.48. The van der Waals surface area contributed by atoms with Crippen LogP contribution in [0.25, 0.3) is 0 Å². The lowest BCUT2D eigenvalue weighted by molar-refractivity contribution is -0.120. The van der Waals surface area contributed by atoms with Crippen molar-refractivity contribution in [3.05, 3.63) is 46.8 Å². The van der Waals surface area contributed by atoms with Crippen molar-refractivity contribution in [1.29, 1.82) is 0 Å². The first-order valence-electron chi connectivity index (χ1n) is 9.10. The number of benzene rings is 1. The summed E-state index contributed by atoms with van der Waals surface area (Å²) in [6, 6.07) is 7.96. The van der Waals surface area contributed by atoms with E-state index in [9.17, 15) is 9.59 Å². The van der Waals surface area contributed by atoms with Crippen LogP contribution in [0.2, 0.25) is 0 Å². The van der Waals surface area contributed by atoms with Crippen LogP contribution in [0.5, 0.6) is 0 Å². The van der Waals surface area contributed by atoms with Crippen LogP contribution in [-0.4, -0.2) is 46.1 Å². The summed E-state index contributed by atoms with van der Waals surface area (Å²) in [7, 11) is 1.78. The maximum atomic E-state index is 12.8. The molecule has 2 aromatic rings. The number of amides is 2. The maximum absolute atomic E-state index is 12.8. The Morgan fingerprint density at radius 3 is 2.42 bits per heavy atom. The number of hydrogen-bond donors (Lipinski definition) is 0. The molecule has 2 heterocycles. The molecule has 1 aromatic carbocycles. The van der Waals surface area contributed by atoms with Gasteiger partial charge in [-0.15, -0.1) is 0 Å². The van der Waals surface area contributed by atoms with E-state index in [4.69, 9.17) is 0 Å². The highest BCUT2D eigenvalue weighted by atomic mass is 16.2. The lowest BCUT2D eigenvalue weighted by Gasteiger charge is -2.34. The zero-order valence-corrected chi connectivity index (χ0v) is 16.0. The quantitative estimate of drug-likeness (QED) is 0.847. The Hall–Kier alpha value is -2.63. The Bertz CT molecular complexity index is 820. The average Bonchev–Trinajstić information content (AvgIpc) is 2.94. The number of aryl methyl sites for hydroxylation is 4. The molecular weight excluding hydrogens is 328 g/mol. The molecule has 0 atom stereocenters. The second kappa shape index (κ2) is 7.32. The number of aromatic nitrogens is 2. The molecule has 6 nitrogen and oxygen atoms in total. The van der Waals surface area contributed by atoms with Crippen molar-refractivity contribution in [1.82, 2.24) is 14.7 Å². The van der Waals surface area contributed by atoms with Crippen LogP contribution in [-0.2, 0) is 18.3 Å². The molecule has 0 N–H and O–H groups in total. The van der Waals surface area contributed by atoms with E-state index in [0.717, 1.165) is 35.3 Å². The molecule has 1 aliphatic heterocycles. The van der Waals surface area contributed by atoms with Gasteiger partial charge in [-0.2, -0.15) is 5.10 Å². The summed E-state index contributed by atoms with van der Waals surface area (Å²) < 4.78 is 1.62. The molecule has 3 rings (SSSR count). The van der Waals surface area contributed by atoms with E-state index >= 15 is 0 Å². The maximum Gasteiger partial charge on any atom is 0.272 e. The molecule has 6 heteroatoms. The zero-order valence-electron chi connectivity index (χ0n) is 16.0. The van der Waals surface area contributed by atoms with Crippen LogP contribution in [0.1, 0.15) is 40.7 Å². The molecule has 0 spiro atoms. The van der Waals surface area contributed by atoms with E-state index in [0.29, 0.717) is 18.8 Å². The Morgan fingerprint density at radius 1 is 1.12 bits per heavy atom. The topological polar surface area (TPSA) is 58.4 Å². The molecule has 1 fully saturated rings. The van der Waals surface area contributed by atoms with E-state index in [2.05, 4.69) is 18.1 Å². The number of anilines is 1. The Labute approximate surface area is 154 Å². The summed E-state index contributed by atoms with van der Waals surface area (Å²) in [5.41, 5.74) is 4.62. The van der Waals surface area contributed by atoms with Crippen molar-refractivity contribution in [2.45, 2.75) is 33.6 Å². The van der Waals surface area contributed by atoms with Crippen molar-refractivity contribution >= 4 is 17.5 Å². The van der Waals surface area contributed by atoms with Crippen LogP contribution in [0.4, 0.5) is 5.69 Å². The van der Waals surface area contributed by atoms with Gasteiger partial charge >= 0.3 is 0 Å². The number of nitrogens with zero attached hydrogens (tertiary/aromatic N) is 4. The summed E-state index contributed by atoms with van der Waals surface area (Å²) in [6.45, 7) is 7.26. The van der Waals surface area contributed by atoms with Crippen LogP contribution in [0.3, 0.4) is 0 Å². The molecule has 0 unspecified atom stereocenters. The van der Waals surface area contributed by atoms with Gasteiger partial charge in [0.1, 0.15) is 12.2 Å². The first-order valence-corrected chi connectivity index (χ1v) is 9.10. The summed E-state index contributed by atoms with van der Waals surface area (Å²) in [4.78, 5) is 28.9. The largest absolute Gasteiger partial charge is 0.326 e. The lowest BCUT2D eigenvalue weighted by Crippen LogP contribution is -2.52. The van der Waals surface area contributed by atoms with Crippen molar-refractivity contribution in [3.63, 3.8) is 0 Å². The number of piperazine rings is 1. The zero-order chi connectivity index (χ0) is 18.8. The fourth-order valence-electron chi connectivity index (χ4n) is 3.49. The highest BCUT2D eigenvalue weighted by Gasteiger charge is 2.30. The van der Waals surface area contributed by atoms with Crippen molar-refractivity contribution in [2.75, 3.05) is 24.5 Å². The standard InChI is InChI=1S/C20H26N4O2/c1-5-6-16-12-18(22(4)21-16)20(26)23-7-8-24(19(25)13-23)17-10-14(2)9-15(3)11-17/h9-12H,5-8,13H2,1-4H3. The summed E-state index contributed by atoms with van der Waals surface area (Å²) in [6.07, 6.45) is 1.83. The van der Waals surface area contributed by atoms with Crippen LogP contribution in [0.15, 0.2) is 24.3 Å².